The Morgan fingerprint density at radius 3 is 2.20 bits per heavy atom. The number of hydrogen-bond donors (Lipinski definition) is 3. The van der Waals surface area contributed by atoms with Gasteiger partial charge in [0.05, 0.1) is 4.90 Å². The third-order valence-electron chi connectivity index (χ3n) is 4.72. The molecule has 2 aromatic carbocycles. The summed E-state index contributed by atoms with van der Waals surface area (Å²) in [6.45, 7) is 0.568. The van der Waals surface area contributed by atoms with Crippen LogP contribution in [0.3, 0.4) is 0 Å². The minimum absolute atomic E-state index is 0.0100. The Labute approximate surface area is 147 Å². The first-order chi connectivity index (χ1) is 11.9. The summed E-state index contributed by atoms with van der Waals surface area (Å²) < 4.78 is 22.5. The summed E-state index contributed by atoms with van der Waals surface area (Å²) in [4.78, 5) is 12.2. The maximum absolute atomic E-state index is 12.1. The van der Waals surface area contributed by atoms with Gasteiger partial charge in [0.1, 0.15) is 0 Å². The Hall–Kier alpha value is -2.38. The van der Waals surface area contributed by atoms with Gasteiger partial charge < -0.3 is 10.6 Å². The van der Waals surface area contributed by atoms with Crippen LogP contribution in [0.4, 0.5) is 10.5 Å². The van der Waals surface area contributed by atoms with Gasteiger partial charge >= 0.3 is 6.03 Å². The molecule has 25 heavy (non-hydrogen) atoms. The largest absolute Gasteiger partial charge is 0.337 e. The summed E-state index contributed by atoms with van der Waals surface area (Å²) in [7, 11) is -3.73. The smallest absolute Gasteiger partial charge is 0.319 e. The molecule has 1 saturated carbocycles. The molecule has 0 saturated heterocycles. The Balaban J connectivity index is 1.59. The number of anilines is 1. The first kappa shape index (κ1) is 17.4. The second-order valence-electron chi connectivity index (χ2n) is 6.38. The van der Waals surface area contributed by atoms with Crippen molar-refractivity contribution < 1.29 is 13.2 Å². The lowest BCUT2D eigenvalue weighted by Gasteiger charge is -2.42. The minimum atomic E-state index is -3.73. The van der Waals surface area contributed by atoms with Crippen molar-refractivity contribution in [1.82, 2.24) is 5.32 Å². The number of carbonyl (C=O) groups is 1. The zero-order valence-corrected chi connectivity index (χ0v) is 14.6. The quantitative estimate of drug-likeness (QED) is 0.765. The van der Waals surface area contributed by atoms with Crippen LogP contribution in [0.5, 0.6) is 0 Å². The average Bonchev–Trinajstić information content (AvgIpc) is 2.54. The molecule has 0 heterocycles. The van der Waals surface area contributed by atoms with E-state index in [1.54, 1.807) is 0 Å². The van der Waals surface area contributed by atoms with Crippen LogP contribution in [-0.2, 0) is 15.4 Å². The maximum Gasteiger partial charge on any atom is 0.319 e. The number of benzene rings is 2. The molecule has 0 spiro atoms. The molecule has 1 aliphatic rings. The number of sulfonamides is 1. The van der Waals surface area contributed by atoms with E-state index in [0.29, 0.717) is 12.2 Å². The van der Waals surface area contributed by atoms with Crippen LogP contribution < -0.4 is 15.8 Å². The topological polar surface area (TPSA) is 101 Å². The highest BCUT2D eigenvalue weighted by Gasteiger charge is 2.38. The number of nitrogens with one attached hydrogen (secondary N) is 2. The van der Waals surface area contributed by atoms with Crippen LogP contribution >= 0.6 is 0 Å². The standard InChI is InChI=1S/C18H21N3O3S/c19-25(23,24)16-9-7-15(8-10-16)21-17(22)20-13-18(11-4-12-18)14-5-2-1-3-6-14/h1-3,5-10H,4,11-13H2,(H2,19,23,24)(H2,20,21,22). The highest BCUT2D eigenvalue weighted by molar-refractivity contribution is 7.89. The number of primary sulfonamides is 1. The molecule has 3 rings (SSSR count). The lowest BCUT2D eigenvalue weighted by molar-refractivity contribution is 0.222. The van der Waals surface area contributed by atoms with Crippen LogP contribution in [0.1, 0.15) is 24.8 Å². The Kier molecular flexibility index (Phi) is 4.78. The molecule has 2 amide bonds. The van der Waals surface area contributed by atoms with E-state index in [1.165, 1.54) is 29.8 Å². The van der Waals surface area contributed by atoms with Gasteiger partial charge in [-0.25, -0.2) is 18.4 Å². The number of urea groups is 1. The first-order valence-corrected chi connectivity index (χ1v) is 9.67. The molecule has 7 heteroatoms. The fourth-order valence-electron chi connectivity index (χ4n) is 3.12. The number of hydrogen-bond acceptors (Lipinski definition) is 3. The van der Waals surface area contributed by atoms with Crippen molar-refractivity contribution in [1.29, 1.82) is 0 Å². The molecule has 1 aliphatic carbocycles. The summed E-state index contributed by atoms with van der Waals surface area (Å²) in [6, 6.07) is 15.7. The van der Waals surface area contributed by atoms with Crippen LogP contribution in [0, 0.1) is 0 Å². The summed E-state index contributed by atoms with van der Waals surface area (Å²) in [5, 5.41) is 10.7. The molecule has 1 fully saturated rings. The molecule has 6 nitrogen and oxygen atoms in total. The third-order valence-corrected chi connectivity index (χ3v) is 5.65. The van der Waals surface area contributed by atoms with Crippen molar-refractivity contribution in [3.05, 3.63) is 60.2 Å². The molecule has 0 aliphatic heterocycles. The average molecular weight is 359 g/mol. The molecule has 0 radical (unpaired) electrons. The number of nitrogens with two attached hydrogens (primary N) is 1. The number of amides is 2. The maximum atomic E-state index is 12.1. The van der Waals surface area contributed by atoms with Gasteiger partial charge in [-0.05, 0) is 42.7 Å². The molecular weight excluding hydrogens is 338 g/mol. The molecule has 0 bridgehead atoms. The van der Waals surface area contributed by atoms with E-state index in [9.17, 15) is 13.2 Å². The monoisotopic (exact) mass is 359 g/mol. The van der Waals surface area contributed by atoms with Gasteiger partial charge in [-0.15, -0.1) is 0 Å². The van der Waals surface area contributed by atoms with Crippen molar-refractivity contribution in [3.63, 3.8) is 0 Å². The van der Waals surface area contributed by atoms with Crippen LogP contribution in [0.15, 0.2) is 59.5 Å². The SMILES string of the molecule is NS(=O)(=O)c1ccc(NC(=O)NCC2(c3ccccc3)CCC2)cc1. The summed E-state index contributed by atoms with van der Waals surface area (Å²) in [5.41, 5.74) is 1.77. The van der Waals surface area contributed by atoms with Crippen LogP contribution in [0.25, 0.3) is 0 Å². The van der Waals surface area contributed by atoms with E-state index >= 15 is 0 Å². The molecule has 2 aromatic rings. The van der Waals surface area contributed by atoms with Gasteiger partial charge in [0.25, 0.3) is 0 Å². The van der Waals surface area contributed by atoms with Crippen molar-refractivity contribution in [2.75, 3.05) is 11.9 Å². The highest BCUT2D eigenvalue weighted by Crippen LogP contribution is 2.43. The third kappa shape index (κ3) is 4.00. The zero-order valence-electron chi connectivity index (χ0n) is 13.7. The lowest BCUT2D eigenvalue weighted by Crippen LogP contribution is -2.46. The van der Waals surface area contributed by atoms with Gasteiger partial charge in [-0.2, -0.15) is 0 Å². The predicted octanol–water partition coefficient (Wildman–Crippen LogP) is 2.58. The van der Waals surface area contributed by atoms with Gasteiger partial charge in [-0.1, -0.05) is 36.8 Å². The number of rotatable bonds is 5. The van der Waals surface area contributed by atoms with E-state index in [2.05, 4.69) is 22.8 Å². The van der Waals surface area contributed by atoms with E-state index in [4.69, 9.17) is 5.14 Å². The molecule has 0 atom stereocenters. The fourth-order valence-corrected chi connectivity index (χ4v) is 3.63. The van der Waals surface area contributed by atoms with Gasteiger partial charge in [-0.3, -0.25) is 0 Å². The second kappa shape index (κ2) is 6.85. The van der Waals surface area contributed by atoms with E-state index in [1.807, 2.05) is 18.2 Å². The molecule has 0 aromatic heterocycles. The molecule has 4 N–H and O–H groups in total. The normalized spacial score (nSPS) is 15.9. The highest BCUT2D eigenvalue weighted by atomic mass is 32.2. The zero-order chi connectivity index (χ0) is 17.9. The van der Waals surface area contributed by atoms with E-state index in [0.717, 1.165) is 19.3 Å². The van der Waals surface area contributed by atoms with Gasteiger partial charge in [0, 0.05) is 17.6 Å². The Morgan fingerprint density at radius 2 is 1.68 bits per heavy atom. The summed E-state index contributed by atoms with van der Waals surface area (Å²) in [5.74, 6) is 0. The molecular formula is C18H21N3O3S. The fraction of sp³-hybridized carbons (Fsp3) is 0.278. The summed E-state index contributed by atoms with van der Waals surface area (Å²) in [6.07, 6.45) is 3.27. The van der Waals surface area contributed by atoms with E-state index in [-0.39, 0.29) is 16.3 Å². The van der Waals surface area contributed by atoms with Gasteiger partial charge in [0.2, 0.25) is 10.0 Å². The first-order valence-electron chi connectivity index (χ1n) is 8.12. The van der Waals surface area contributed by atoms with Gasteiger partial charge in [0.15, 0.2) is 0 Å². The van der Waals surface area contributed by atoms with Crippen molar-refractivity contribution >= 4 is 21.7 Å². The van der Waals surface area contributed by atoms with Crippen LogP contribution in [0.2, 0.25) is 0 Å². The van der Waals surface area contributed by atoms with Crippen LogP contribution in [-0.4, -0.2) is 21.0 Å². The summed E-state index contributed by atoms with van der Waals surface area (Å²) >= 11 is 0. The second-order valence-corrected chi connectivity index (χ2v) is 7.94. The van der Waals surface area contributed by atoms with Crippen molar-refractivity contribution in [2.45, 2.75) is 29.6 Å². The molecule has 132 valence electrons. The van der Waals surface area contributed by atoms with E-state index < -0.39 is 10.0 Å². The lowest BCUT2D eigenvalue weighted by atomic mass is 9.64. The number of carbonyl (C=O) groups excluding carboxylic acids is 1. The van der Waals surface area contributed by atoms with Crippen molar-refractivity contribution in [2.24, 2.45) is 5.14 Å². The molecule has 0 unspecified atom stereocenters. The Morgan fingerprint density at radius 1 is 1.04 bits per heavy atom. The Bertz CT molecular complexity index is 845. The minimum Gasteiger partial charge on any atom is -0.337 e. The predicted molar refractivity (Wildman–Crippen MR) is 96.8 cm³/mol. The van der Waals surface area contributed by atoms with Crippen molar-refractivity contribution in [3.8, 4) is 0 Å².